The Bertz CT molecular complexity index is 1250. The van der Waals surface area contributed by atoms with Gasteiger partial charge < -0.3 is 5.32 Å². The Morgan fingerprint density at radius 3 is 2.59 bits per heavy atom. The van der Waals surface area contributed by atoms with Crippen molar-refractivity contribution in [3.05, 3.63) is 81.1 Å². The zero-order valence-corrected chi connectivity index (χ0v) is 15.6. The predicted molar refractivity (Wildman–Crippen MR) is 109 cm³/mol. The largest absolute Gasteiger partial charge is 0.300 e. The first-order valence-electron chi connectivity index (χ1n) is 8.48. The quantitative estimate of drug-likeness (QED) is 0.401. The van der Waals surface area contributed by atoms with Gasteiger partial charge in [-0.05, 0) is 30.3 Å². The summed E-state index contributed by atoms with van der Waals surface area (Å²) in [6.07, 6.45) is 0. The number of benzene rings is 2. The molecule has 1 N–H and O–H groups in total. The second-order valence-corrected chi connectivity index (χ2v) is 7.08. The second kappa shape index (κ2) is 7.60. The fourth-order valence-electron chi connectivity index (χ4n) is 2.69. The van der Waals surface area contributed by atoms with Crippen LogP contribution in [-0.2, 0) is 11.3 Å². The molecule has 0 aliphatic heterocycles. The Balaban J connectivity index is 1.53. The number of thiazole rings is 1. The molecule has 2 heterocycles. The summed E-state index contributed by atoms with van der Waals surface area (Å²) >= 11 is 1.34. The highest BCUT2D eigenvalue weighted by Gasteiger charge is 2.12. The summed E-state index contributed by atoms with van der Waals surface area (Å²) < 4.78 is 1.98. The van der Waals surface area contributed by atoms with Crippen LogP contribution in [-0.4, -0.2) is 25.6 Å². The summed E-state index contributed by atoms with van der Waals surface area (Å²) in [5, 5.41) is 18.1. The number of para-hydroxylation sites is 1. The minimum absolute atomic E-state index is 0.0442. The minimum atomic E-state index is -0.496. The molecule has 0 aliphatic carbocycles. The van der Waals surface area contributed by atoms with E-state index in [1.54, 1.807) is 0 Å². The van der Waals surface area contributed by atoms with Gasteiger partial charge in [-0.2, -0.15) is 5.10 Å². The van der Waals surface area contributed by atoms with E-state index in [1.165, 1.54) is 47.7 Å². The third kappa shape index (κ3) is 4.01. The highest BCUT2D eigenvalue weighted by molar-refractivity contribution is 7.22. The monoisotopic (exact) mass is 407 g/mol. The Morgan fingerprint density at radius 2 is 1.86 bits per heavy atom. The van der Waals surface area contributed by atoms with Crippen molar-refractivity contribution in [2.75, 3.05) is 5.32 Å². The number of rotatable bonds is 5. The van der Waals surface area contributed by atoms with Crippen molar-refractivity contribution >= 4 is 38.3 Å². The normalized spacial score (nSPS) is 10.8. The van der Waals surface area contributed by atoms with E-state index in [1.807, 2.05) is 24.3 Å². The Kier molecular flexibility index (Phi) is 4.83. The van der Waals surface area contributed by atoms with Gasteiger partial charge in [-0.15, -0.1) is 0 Å². The number of hydrogen-bond acceptors (Lipinski definition) is 7. The van der Waals surface area contributed by atoms with Crippen LogP contribution in [0.4, 0.5) is 10.8 Å². The van der Waals surface area contributed by atoms with Crippen LogP contribution in [0.15, 0.2) is 65.5 Å². The Labute approximate surface area is 167 Å². The number of anilines is 1. The van der Waals surface area contributed by atoms with Gasteiger partial charge in [0.1, 0.15) is 6.54 Å². The fourth-order valence-corrected chi connectivity index (χ4v) is 3.57. The van der Waals surface area contributed by atoms with E-state index in [9.17, 15) is 19.7 Å². The molecule has 4 rings (SSSR count). The van der Waals surface area contributed by atoms with E-state index >= 15 is 0 Å². The van der Waals surface area contributed by atoms with E-state index in [4.69, 9.17) is 0 Å². The van der Waals surface area contributed by atoms with Crippen LogP contribution < -0.4 is 10.9 Å². The number of non-ortho nitro benzene ring substituents is 1. The maximum Gasteiger partial charge on any atom is 0.269 e. The molecule has 10 heteroatoms. The van der Waals surface area contributed by atoms with Gasteiger partial charge in [0.2, 0.25) is 5.91 Å². The summed E-state index contributed by atoms with van der Waals surface area (Å²) in [6.45, 7) is -0.282. The highest BCUT2D eigenvalue weighted by Crippen LogP contribution is 2.25. The van der Waals surface area contributed by atoms with Crippen LogP contribution in [0, 0.1) is 10.1 Å². The van der Waals surface area contributed by atoms with Gasteiger partial charge in [-0.25, -0.2) is 9.67 Å². The lowest BCUT2D eigenvalue weighted by molar-refractivity contribution is -0.384. The lowest BCUT2D eigenvalue weighted by atomic mass is 10.1. The molecule has 1 amide bonds. The average molecular weight is 407 g/mol. The maximum atomic E-state index is 12.4. The van der Waals surface area contributed by atoms with Crippen molar-refractivity contribution < 1.29 is 9.72 Å². The number of nitro benzene ring substituents is 1. The standard InChI is InChI=1S/C19H13N5O4S/c25-17(21-19-20-15-3-1-2-4-16(15)29-19)11-23-18(26)10-9-14(22-23)12-5-7-13(8-6-12)24(27)28/h1-10H,11H2,(H,20,21,25). The maximum absolute atomic E-state index is 12.4. The molecule has 0 saturated carbocycles. The minimum Gasteiger partial charge on any atom is -0.300 e. The Hall–Kier alpha value is -3.92. The van der Waals surface area contributed by atoms with Crippen LogP contribution in [0.3, 0.4) is 0 Å². The zero-order chi connectivity index (χ0) is 20.4. The lowest BCUT2D eigenvalue weighted by Gasteiger charge is -2.07. The van der Waals surface area contributed by atoms with Gasteiger partial charge in [0.05, 0.1) is 20.8 Å². The van der Waals surface area contributed by atoms with Gasteiger partial charge in [0, 0.05) is 23.8 Å². The van der Waals surface area contributed by atoms with Crippen molar-refractivity contribution in [3.8, 4) is 11.3 Å². The van der Waals surface area contributed by atoms with Crippen LogP contribution in [0.1, 0.15) is 0 Å². The smallest absolute Gasteiger partial charge is 0.269 e. The molecule has 2 aromatic carbocycles. The van der Waals surface area contributed by atoms with E-state index < -0.39 is 16.4 Å². The molecule has 2 aromatic heterocycles. The summed E-state index contributed by atoms with van der Waals surface area (Å²) in [6, 6.07) is 16.1. The molecule has 0 atom stereocenters. The predicted octanol–water partition coefficient (Wildman–Crippen LogP) is 3.07. The van der Waals surface area contributed by atoms with E-state index in [0.29, 0.717) is 16.4 Å². The van der Waals surface area contributed by atoms with Gasteiger partial charge >= 0.3 is 0 Å². The molecular weight excluding hydrogens is 394 g/mol. The van der Waals surface area contributed by atoms with Crippen molar-refractivity contribution in [1.82, 2.24) is 14.8 Å². The zero-order valence-electron chi connectivity index (χ0n) is 14.8. The number of nitro groups is 1. The second-order valence-electron chi connectivity index (χ2n) is 6.05. The molecule has 9 nitrogen and oxygen atoms in total. The topological polar surface area (TPSA) is 120 Å². The molecule has 0 saturated heterocycles. The molecule has 0 bridgehead atoms. The molecule has 144 valence electrons. The summed E-state index contributed by atoms with van der Waals surface area (Å²) in [4.78, 5) is 39.1. The lowest BCUT2D eigenvalue weighted by Crippen LogP contribution is -2.29. The summed E-state index contributed by atoms with van der Waals surface area (Å²) in [5.41, 5.74) is 1.32. The van der Waals surface area contributed by atoms with Gasteiger partial charge in [-0.1, -0.05) is 23.5 Å². The number of nitrogens with zero attached hydrogens (tertiary/aromatic N) is 4. The van der Waals surface area contributed by atoms with Gasteiger partial charge in [0.25, 0.3) is 11.2 Å². The summed E-state index contributed by atoms with van der Waals surface area (Å²) in [5.74, 6) is -0.431. The van der Waals surface area contributed by atoms with Crippen molar-refractivity contribution in [3.63, 3.8) is 0 Å². The van der Waals surface area contributed by atoms with Crippen LogP contribution in [0.2, 0.25) is 0 Å². The molecule has 0 aliphatic rings. The first kappa shape index (κ1) is 18.4. The Morgan fingerprint density at radius 1 is 1.10 bits per heavy atom. The van der Waals surface area contributed by atoms with E-state index in [2.05, 4.69) is 15.4 Å². The average Bonchev–Trinajstić information content (AvgIpc) is 3.12. The number of nitrogens with one attached hydrogen (secondary N) is 1. The van der Waals surface area contributed by atoms with Crippen molar-refractivity contribution in [1.29, 1.82) is 0 Å². The number of amides is 1. The van der Waals surface area contributed by atoms with Gasteiger partial charge in [0.15, 0.2) is 5.13 Å². The highest BCUT2D eigenvalue weighted by atomic mass is 32.1. The van der Waals surface area contributed by atoms with Crippen LogP contribution in [0.25, 0.3) is 21.5 Å². The number of carbonyl (C=O) groups excluding carboxylic acids is 1. The van der Waals surface area contributed by atoms with E-state index in [-0.39, 0.29) is 12.2 Å². The number of hydrogen-bond donors (Lipinski definition) is 1. The third-order valence-electron chi connectivity index (χ3n) is 4.07. The fraction of sp³-hybridized carbons (Fsp3) is 0.0526. The molecule has 0 fully saturated rings. The molecule has 4 aromatic rings. The first-order valence-corrected chi connectivity index (χ1v) is 9.30. The van der Waals surface area contributed by atoms with E-state index in [0.717, 1.165) is 14.9 Å². The van der Waals surface area contributed by atoms with Crippen molar-refractivity contribution in [2.45, 2.75) is 6.54 Å². The van der Waals surface area contributed by atoms with Crippen LogP contribution >= 0.6 is 11.3 Å². The molecule has 0 unspecified atom stereocenters. The molecule has 29 heavy (non-hydrogen) atoms. The van der Waals surface area contributed by atoms with Crippen LogP contribution in [0.5, 0.6) is 0 Å². The molecule has 0 radical (unpaired) electrons. The van der Waals surface area contributed by atoms with Crippen molar-refractivity contribution in [2.24, 2.45) is 0 Å². The number of fused-ring (bicyclic) bond motifs is 1. The number of aromatic nitrogens is 3. The number of carbonyl (C=O) groups is 1. The third-order valence-corrected chi connectivity index (χ3v) is 5.03. The molecule has 0 spiro atoms. The van der Waals surface area contributed by atoms with Gasteiger partial charge in [-0.3, -0.25) is 19.7 Å². The molecular formula is C19H13N5O4S. The first-order chi connectivity index (χ1) is 14.0. The summed E-state index contributed by atoms with van der Waals surface area (Å²) in [7, 11) is 0. The SMILES string of the molecule is O=C(Cn1nc(-c2ccc([N+](=O)[O-])cc2)ccc1=O)Nc1nc2ccccc2s1.